The Hall–Kier alpha value is -2.01. The molecule has 0 amide bonds. The van der Waals surface area contributed by atoms with Gasteiger partial charge in [-0.25, -0.2) is 9.97 Å². The number of hydrogen-bond acceptors (Lipinski definition) is 5. The van der Waals surface area contributed by atoms with E-state index < -0.39 is 0 Å². The predicted molar refractivity (Wildman–Crippen MR) is 81.0 cm³/mol. The minimum atomic E-state index is 0.686. The van der Waals surface area contributed by atoms with Crippen LogP contribution in [0, 0.1) is 0 Å². The van der Waals surface area contributed by atoms with Crippen molar-refractivity contribution in [1.82, 2.24) is 15.0 Å². The van der Waals surface area contributed by atoms with E-state index in [0.717, 1.165) is 17.9 Å². The molecule has 3 aromatic rings. The van der Waals surface area contributed by atoms with Gasteiger partial charge in [0.05, 0.1) is 6.54 Å². The van der Waals surface area contributed by atoms with Crippen molar-refractivity contribution in [2.24, 2.45) is 0 Å². The lowest BCUT2D eigenvalue weighted by molar-refractivity contribution is 0.913. The second-order valence-corrected chi connectivity index (χ2v) is 6.19. The third-order valence-electron chi connectivity index (χ3n) is 3.57. The molecule has 0 aliphatic heterocycles. The van der Waals surface area contributed by atoms with Crippen LogP contribution < -0.4 is 5.32 Å². The van der Waals surface area contributed by atoms with E-state index in [1.54, 1.807) is 22.8 Å². The molecule has 0 radical (unpaired) electrons. The van der Waals surface area contributed by atoms with Crippen molar-refractivity contribution < 1.29 is 0 Å². The third kappa shape index (κ3) is 2.14. The van der Waals surface area contributed by atoms with Gasteiger partial charge in [-0.05, 0) is 43.0 Å². The molecule has 4 nitrogen and oxygen atoms in total. The van der Waals surface area contributed by atoms with E-state index in [-0.39, 0.29) is 0 Å². The highest BCUT2D eigenvalue weighted by Gasteiger charge is 2.14. The molecule has 1 N–H and O–H groups in total. The fraction of sp³-hybridized carbons (Fsp3) is 0.267. The van der Waals surface area contributed by atoms with Crippen molar-refractivity contribution in [3.05, 3.63) is 45.9 Å². The van der Waals surface area contributed by atoms with Gasteiger partial charge in [0.25, 0.3) is 0 Å². The highest BCUT2D eigenvalue weighted by atomic mass is 32.1. The summed E-state index contributed by atoms with van der Waals surface area (Å²) in [6, 6.07) is 6.24. The highest BCUT2D eigenvalue weighted by molar-refractivity contribution is 7.12. The Kier molecular flexibility index (Phi) is 2.85. The lowest BCUT2D eigenvalue weighted by Crippen LogP contribution is -2.00. The summed E-state index contributed by atoms with van der Waals surface area (Å²) in [7, 11) is 0. The van der Waals surface area contributed by atoms with Gasteiger partial charge in [-0.2, -0.15) is 0 Å². The molecule has 20 heavy (non-hydrogen) atoms. The summed E-state index contributed by atoms with van der Waals surface area (Å²) < 4.78 is 0. The molecule has 0 spiro atoms. The smallest absolute Gasteiger partial charge is 0.180 e. The quantitative estimate of drug-likeness (QED) is 0.801. The van der Waals surface area contributed by atoms with Crippen LogP contribution in [0.5, 0.6) is 0 Å². The van der Waals surface area contributed by atoms with Gasteiger partial charge in [0, 0.05) is 22.1 Å². The average molecular weight is 282 g/mol. The Balaban J connectivity index is 1.52. The summed E-state index contributed by atoms with van der Waals surface area (Å²) in [5, 5.41) is 3.37. The molecule has 1 aliphatic carbocycles. The molecule has 0 fully saturated rings. The van der Waals surface area contributed by atoms with E-state index >= 15 is 0 Å². The van der Waals surface area contributed by atoms with Crippen LogP contribution in [0.2, 0.25) is 0 Å². The second kappa shape index (κ2) is 4.83. The fourth-order valence-corrected chi connectivity index (χ4v) is 3.81. The van der Waals surface area contributed by atoms with Gasteiger partial charge in [-0.15, -0.1) is 11.3 Å². The normalized spacial score (nSPS) is 13.6. The molecular formula is C15H14N4S. The monoisotopic (exact) mass is 282 g/mol. The topological polar surface area (TPSA) is 50.7 Å². The number of anilines is 1. The largest absolute Gasteiger partial charge is 0.365 e. The van der Waals surface area contributed by atoms with Gasteiger partial charge in [0.1, 0.15) is 11.3 Å². The Labute approximate surface area is 120 Å². The highest BCUT2D eigenvalue weighted by Crippen LogP contribution is 2.30. The lowest BCUT2D eigenvalue weighted by atomic mass is 10.2. The van der Waals surface area contributed by atoms with Crippen LogP contribution in [0.4, 0.5) is 5.82 Å². The molecule has 100 valence electrons. The van der Waals surface area contributed by atoms with Crippen molar-refractivity contribution in [3.8, 4) is 0 Å². The van der Waals surface area contributed by atoms with Crippen LogP contribution >= 0.6 is 11.3 Å². The minimum Gasteiger partial charge on any atom is -0.365 e. The van der Waals surface area contributed by atoms with Crippen molar-refractivity contribution in [1.29, 1.82) is 0 Å². The van der Waals surface area contributed by atoms with Gasteiger partial charge in [-0.1, -0.05) is 0 Å². The zero-order chi connectivity index (χ0) is 13.4. The first kappa shape index (κ1) is 11.8. The number of hydrogen-bond donors (Lipinski definition) is 1. The molecule has 4 rings (SSSR count). The number of thiophene rings is 1. The maximum Gasteiger partial charge on any atom is 0.180 e. The standard InChI is InChI=1S/C15H14N4S/c1-2-10-8-11(20-13(10)3-1)9-18-14-5-4-12-15(19-14)17-7-6-16-12/h4-8H,1-3,9H2,(H,17,18,19). The van der Waals surface area contributed by atoms with Crippen LogP contribution in [0.25, 0.3) is 11.2 Å². The number of pyridine rings is 1. The van der Waals surface area contributed by atoms with E-state index in [2.05, 4.69) is 26.3 Å². The maximum absolute atomic E-state index is 4.47. The fourth-order valence-electron chi connectivity index (χ4n) is 2.61. The maximum atomic E-state index is 4.47. The molecule has 0 aromatic carbocycles. The van der Waals surface area contributed by atoms with Gasteiger partial charge >= 0.3 is 0 Å². The Morgan fingerprint density at radius 1 is 1.15 bits per heavy atom. The van der Waals surface area contributed by atoms with Crippen molar-refractivity contribution >= 4 is 28.3 Å². The first-order valence-corrected chi connectivity index (χ1v) is 7.62. The number of nitrogens with one attached hydrogen (secondary N) is 1. The zero-order valence-electron chi connectivity index (χ0n) is 11.0. The first-order chi connectivity index (χ1) is 9.88. The number of nitrogens with zero attached hydrogens (tertiary/aromatic N) is 3. The average Bonchev–Trinajstić information content (AvgIpc) is 3.06. The number of fused-ring (bicyclic) bond motifs is 2. The van der Waals surface area contributed by atoms with Crippen LogP contribution in [0.15, 0.2) is 30.6 Å². The molecule has 0 atom stereocenters. The molecule has 5 heteroatoms. The summed E-state index contributed by atoms with van der Waals surface area (Å²) >= 11 is 1.93. The second-order valence-electron chi connectivity index (χ2n) is 4.96. The summed E-state index contributed by atoms with van der Waals surface area (Å²) in [5.41, 5.74) is 3.06. The predicted octanol–water partition coefficient (Wildman–Crippen LogP) is 3.19. The van der Waals surface area contributed by atoms with Crippen molar-refractivity contribution in [3.63, 3.8) is 0 Å². The minimum absolute atomic E-state index is 0.686. The summed E-state index contributed by atoms with van der Waals surface area (Å²) in [4.78, 5) is 15.9. The summed E-state index contributed by atoms with van der Waals surface area (Å²) in [5.74, 6) is 0.853. The molecule has 0 unspecified atom stereocenters. The molecule has 3 heterocycles. The first-order valence-electron chi connectivity index (χ1n) is 6.80. The van der Waals surface area contributed by atoms with Crippen LogP contribution in [-0.2, 0) is 19.4 Å². The van der Waals surface area contributed by atoms with Crippen molar-refractivity contribution in [2.45, 2.75) is 25.8 Å². The van der Waals surface area contributed by atoms with E-state index in [4.69, 9.17) is 0 Å². The molecule has 0 saturated heterocycles. The van der Waals surface area contributed by atoms with Gasteiger partial charge in [0.2, 0.25) is 0 Å². The van der Waals surface area contributed by atoms with Crippen LogP contribution in [0.1, 0.15) is 21.7 Å². The summed E-state index contributed by atoms with van der Waals surface area (Å²) in [6.07, 6.45) is 7.17. The Bertz CT molecular complexity index is 744. The Morgan fingerprint density at radius 3 is 3.05 bits per heavy atom. The van der Waals surface area contributed by atoms with E-state index in [9.17, 15) is 0 Å². The number of rotatable bonds is 3. The van der Waals surface area contributed by atoms with Crippen LogP contribution in [-0.4, -0.2) is 15.0 Å². The molecule has 0 bridgehead atoms. The molecule has 1 aliphatic rings. The lowest BCUT2D eigenvalue weighted by Gasteiger charge is -2.04. The SMILES string of the molecule is c1cnc2nc(NCc3cc4c(s3)CCC4)ccc2n1. The molecule has 3 aromatic heterocycles. The van der Waals surface area contributed by atoms with Gasteiger partial charge in [0.15, 0.2) is 5.65 Å². The molecular weight excluding hydrogens is 268 g/mol. The Morgan fingerprint density at radius 2 is 2.10 bits per heavy atom. The van der Waals surface area contributed by atoms with E-state index in [1.165, 1.54) is 24.1 Å². The number of aromatic nitrogens is 3. The number of aryl methyl sites for hydroxylation is 2. The zero-order valence-corrected chi connectivity index (χ0v) is 11.8. The summed E-state index contributed by atoms with van der Waals surface area (Å²) in [6.45, 7) is 0.830. The molecule has 0 saturated carbocycles. The van der Waals surface area contributed by atoms with Gasteiger partial charge in [-0.3, -0.25) is 4.98 Å². The van der Waals surface area contributed by atoms with Crippen molar-refractivity contribution in [2.75, 3.05) is 5.32 Å². The van der Waals surface area contributed by atoms with E-state index in [1.807, 2.05) is 23.5 Å². The van der Waals surface area contributed by atoms with Crippen LogP contribution in [0.3, 0.4) is 0 Å². The van der Waals surface area contributed by atoms with Gasteiger partial charge < -0.3 is 5.32 Å². The third-order valence-corrected chi connectivity index (χ3v) is 4.81. The van der Waals surface area contributed by atoms with E-state index in [0.29, 0.717) is 5.65 Å².